The van der Waals surface area contributed by atoms with Crippen LogP contribution in [0.3, 0.4) is 0 Å². The largest absolute Gasteiger partial charge is 1.00 e. The first-order valence-corrected chi connectivity index (χ1v) is 7.09. The Hall–Kier alpha value is 0.836. The van der Waals surface area contributed by atoms with Gasteiger partial charge in [-0.1, -0.05) is 0 Å². The fourth-order valence-corrected chi connectivity index (χ4v) is 1.57. The monoisotopic (exact) mass is 482 g/mol. The van der Waals surface area contributed by atoms with Crippen LogP contribution in [-0.4, -0.2) is 47.3 Å². The molecule has 1 unspecified atom stereocenters. The molecule has 0 aromatic carbocycles. The molecule has 4 nitrogen and oxygen atoms in total. The van der Waals surface area contributed by atoms with Gasteiger partial charge in [0.1, 0.15) is 0 Å². The van der Waals surface area contributed by atoms with Crippen molar-refractivity contribution in [2.75, 3.05) is 6.61 Å². The van der Waals surface area contributed by atoms with Crippen LogP contribution in [0.4, 0.5) is 57.1 Å². The number of phosphoric ester groups is 1. The standard InChI is InChI=1S/C8H6F13O4P.K/c9-3(10,1-2-25-26(22,23)24)4(11,12)5(13,14)6(15,16)7(17,18)8(19,20)21;/h1-2H2,(H2,22,23,24);/q;+1/p-1. The third kappa shape index (κ3) is 5.71. The SMILES string of the molecule is O=P([O-])(O)OCCC(F)(F)C(F)(F)C(F)(F)C(F)(F)C(F)(F)C(F)(F)F.[K+]. The average molecular weight is 482 g/mol. The van der Waals surface area contributed by atoms with Crippen LogP contribution in [0.25, 0.3) is 0 Å². The fourth-order valence-electron chi connectivity index (χ4n) is 1.25. The van der Waals surface area contributed by atoms with Gasteiger partial charge in [0.05, 0.1) is 6.61 Å². The zero-order chi connectivity index (χ0) is 21.6. The molecule has 0 aliphatic heterocycles. The molecule has 0 bridgehead atoms. The molecule has 0 saturated carbocycles. The van der Waals surface area contributed by atoms with Crippen molar-refractivity contribution in [3.8, 4) is 0 Å². The molecule has 27 heavy (non-hydrogen) atoms. The Kier molecular flexibility index (Phi) is 9.48. The van der Waals surface area contributed by atoms with Gasteiger partial charge in [0.15, 0.2) is 0 Å². The quantitative estimate of drug-likeness (QED) is 0.313. The summed E-state index contributed by atoms with van der Waals surface area (Å²) in [7, 11) is -5.86. The molecule has 0 aromatic rings. The van der Waals surface area contributed by atoms with Crippen molar-refractivity contribution in [3.63, 3.8) is 0 Å². The van der Waals surface area contributed by atoms with Gasteiger partial charge in [0.25, 0.3) is 7.82 Å². The topological polar surface area (TPSA) is 69.6 Å². The molecule has 1 atom stereocenters. The average Bonchev–Trinajstić information content (AvgIpc) is 2.34. The molecule has 0 spiro atoms. The summed E-state index contributed by atoms with van der Waals surface area (Å²) in [5, 5.41) is 0. The van der Waals surface area contributed by atoms with Gasteiger partial charge in [0, 0.05) is 6.42 Å². The third-order valence-electron chi connectivity index (χ3n) is 2.67. The molecule has 0 amide bonds. The molecule has 19 heteroatoms. The van der Waals surface area contributed by atoms with Gasteiger partial charge < -0.3 is 14.3 Å². The van der Waals surface area contributed by atoms with E-state index in [2.05, 4.69) is 4.52 Å². The second-order valence-electron chi connectivity index (χ2n) is 4.55. The maximum atomic E-state index is 13.1. The zero-order valence-corrected chi connectivity index (χ0v) is 16.5. The minimum Gasteiger partial charge on any atom is -0.756 e. The van der Waals surface area contributed by atoms with Crippen molar-refractivity contribution in [1.82, 2.24) is 0 Å². The van der Waals surface area contributed by atoms with E-state index in [1.54, 1.807) is 0 Å². The van der Waals surface area contributed by atoms with Crippen LogP contribution in [0.15, 0.2) is 0 Å². The van der Waals surface area contributed by atoms with Crippen LogP contribution in [0.2, 0.25) is 0 Å². The summed E-state index contributed by atoms with van der Waals surface area (Å²) in [6.07, 6.45) is -10.4. The van der Waals surface area contributed by atoms with Gasteiger partial charge in [-0.3, -0.25) is 4.57 Å². The van der Waals surface area contributed by atoms with Crippen molar-refractivity contribution < 1.29 is 127 Å². The molecule has 0 aliphatic carbocycles. The summed E-state index contributed by atoms with van der Waals surface area (Å²) in [6.45, 7) is -2.23. The molecule has 0 rings (SSSR count). The van der Waals surface area contributed by atoms with Gasteiger partial charge in [-0.25, -0.2) is 0 Å². The van der Waals surface area contributed by atoms with E-state index in [1.165, 1.54) is 0 Å². The van der Waals surface area contributed by atoms with Crippen molar-refractivity contribution >= 4 is 7.82 Å². The van der Waals surface area contributed by atoms with E-state index in [-0.39, 0.29) is 51.4 Å². The Bertz CT molecular complexity index is 557. The molecular weight excluding hydrogens is 477 g/mol. The van der Waals surface area contributed by atoms with Crippen molar-refractivity contribution in [2.24, 2.45) is 0 Å². The van der Waals surface area contributed by atoms with Crippen LogP contribution in [-0.2, 0) is 9.09 Å². The van der Waals surface area contributed by atoms with Crippen molar-refractivity contribution in [3.05, 3.63) is 0 Å². The second-order valence-corrected chi connectivity index (χ2v) is 5.75. The molecule has 0 heterocycles. The third-order valence-corrected chi connectivity index (χ3v) is 3.18. The van der Waals surface area contributed by atoms with Crippen molar-refractivity contribution in [2.45, 2.75) is 42.2 Å². The molecule has 0 fully saturated rings. The first-order chi connectivity index (χ1) is 11.0. The van der Waals surface area contributed by atoms with Crippen LogP contribution in [0.1, 0.15) is 6.42 Å². The summed E-state index contributed by atoms with van der Waals surface area (Å²) in [5.74, 6) is -37.8. The van der Waals surface area contributed by atoms with Crippen molar-refractivity contribution in [1.29, 1.82) is 0 Å². The van der Waals surface area contributed by atoms with E-state index in [1.807, 2.05) is 0 Å². The van der Waals surface area contributed by atoms with E-state index in [0.29, 0.717) is 0 Å². The predicted molar refractivity (Wildman–Crippen MR) is 51.2 cm³/mol. The Morgan fingerprint density at radius 2 is 1.07 bits per heavy atom. The fraction of sp³-hybridized carbons (Fsp3) is 1.00. The zero-order valence-electron chi connectivity index (χ0n) is 12.4. The molecule has 0 radical (unpaired) electrons. The summed E-state index contributed by atoms with van der Waals surface area (Å²) < 4.78 is 177. The minimum atomic E-state index is -8.03. The molecule has 0 saturated heterocycles. The van der Waals surface area contributed by atoms with E-state index >= 15 is 0 Å². The number of hydrogen-bond acceptors (Lipinski definition) is 3. The second kappa shape index (κ2) is 8.53. The Morgan fingerprint density at radius 1 is 0.741 bits per heavy atom. The van der Waals surface area contributed by atoms with Gasteiger partial charge in [0.2, 0.25) is 0 Å². The number of halogens is 13. The Morgan fingerprint density at radius 3 is 1.37 bits per heavy atom. The molecule has 0 aromatic heterocycles. The summed E-state index contributed by atoms with van der Waals surface area (Å²) >= 11 is 0. The van der Waals surface area contributed by atoms with Gasteiger partial charge in [-0.15, -0.1) is 0 Å². The Labute approximate surface area is 183 Å². The predicted octanol–water partition coefficient (Wildman–Crippen LogP) is 0.597. The minimum absolute atomic E-state index is 0. The van der Waals surface area contributed by atoms with E-state index < -0.39 is 56.6 Å². The molecule has 0 aliphatic rings. The molecular formula is C8H5F13KO4P. The van der Waals surface area contributed by atoms with Crippen LogP contribution in [0, 0.1) is 0 Å². The summed E-state index contributed by atoms with van der Waals surface area (Å²) in [5.41, 5.74) is 0. The maximum absolute atomic E-state index is 13.1. The smallest absolute Gasteiger partial charge is 0.756 e. The summed E-state index contributed by atoms with van der Waals surface area (Å²) in [4.78, 5) is 18.0. The van der Waals surface area contributed by atoms with E-state index in [0.717, 1.165) is 0 Å². The maximum Gasteiger partial charge on any atom is 1.00 e. The number of hydrogen-bond donors (Lipinski definition) is 1. The van der Waals surface area contributed by atoms with Gasteiger partial charge >= 0.3 is 87.2 Å². The van der Waals surface area contributed by atoms with Crippen LogP contribution < -0.4 is 56.3 Å². The number of rotatable bonds is 8. The molecule has 158 valence electrons. The first kappa shape index (κ1) is 30.0. The Balaban J connectivity index is 0. The molecule has 1 N–H and O–H groups in total. The van der Waals surface area contributed by atoms with Gasteiger partial charge in [-0.2, -0.15) is 57.1 Å². The van der Waals surface area contributed by atoms with E-state index in [9.17, 15) is 66.5 Å². The number of phosphoric acid groups is 1. The van der Waals surface area contributed by atoms with E-state index in [4.69, 9.17) is 4.89 Å². The first-order valence-electron chi connectivity index (χ1n) is 5.60. The van der Waals surface area contributed by atoms with Crippen LogP contribution >= 0.6 is 7.82 Å². The van der Waals surface area contributed by atoms with Crippen LogP contribution in [0.5, 0.6) is 0 Å². The normalized spacial score (nSPS) is 17.3. The van der Waals surface area contributed by atoms with Gasteiger partial charge in [-0.05, 0) is 0 Å². The summed E-state index contributed by atoms with van der Waals surface area (Å²) in [6, 6.07) is 0. The number of alkyl halides is 13.